The zero-order chi connectivity index (χ0) is 21.8. The summed E-state index contributed by atoms with van der Waals surface area (Å²) in [5.41, 5.74) is 1.32. The Balaban J connectivity index is 1.40. The minimum atomic E-state index is -0.586. The van der Waals surface area contributed by atoms with E-state index in [4.69, 9.17) is 0 Å². The van der Waals surface area contributed by atoms with Crippen molar-refractivity contribution in [3.05, 3.63) is 66.0 Å². The molecule has 1 fully saturated rings. The zero-order valence-corrected chi connectivity index (χ0v) is 17.7. The fourth-order valence-electron chi connectivity index (χ4n) is 3.09. The van der Waals surface area contributed by atoms with Crippen molar-refractivity contribution >= 4 is 23.7 Å². The molecule has 1 aliphatic rings. The summed E-state index contributed by atoms with van der Waals surface area (Å²) in [5.74, 6) is -0.348. The number of nitrogens with one attached hydrogen (secondary N) is 2. The van der Waals surface area contributed by atoms with E-state index in [1.165, 1.54) is 17.8 Å². The molecule has 0 radical (unpaired) electrons. The molecule has 160 valence electrons. The van der Waals surface area contributed by atoms with Gasteiger partial charge in [0.15, 0.2) is 11.0 Å². The smallest absolute Gasteiger partial charge is 0.321 e. The fraction of sp³-hybridized carbons (Fsp3) is 0.273. The number of imide groups is 1. The summed E-state index contributed by atoms with van der Waals surface area (Å²) >= 11 is 1.20. The molecule has 1 atom stereocenters. The molecule has 1 aliphatic carbocycles. The number of benzene rings is 2. The number of hydrogen-bond acceptors (Lipinski definition) is 5. The topological polar surface area (TPSA) is 88.9 Å². The molecule has 0 bridgehead atoms. The van der Waals surface area contributed by atoms with Crippen LogP contribution >= 0.6 is 11.8 Å². The third-order valence-corrected chi connectivity index (χ3v) is 5.93. The Labute approximate surface area is 183 Å². The second-order valence-corrected chi connectivity index (χ2v) is 8.61. The number of hydrogen-bond donors (Lipinski definition) is 2. The molecule has 1 heterocycles. The number of amides is 3. The predicted octanol–water partition coefficient (Wildman–Crippen LogP) is 3.93. The minimum absolute atomic E-state index is 0.191. The number of carbonyl (C=O) groups excluding carboxylic acids is 2. The van der Waals surface area contributed by atoms with Gasteiger partial charge in [-0.25, -0.2) is 9.18 Å². The highest BCUT2D eigenvalue weighted by atomic mass is 32.2. The van der Waals surface area contributed by atoms with Crippen LogP contribution in [0, 0.1) is 5.82 Å². The lowest BCUT2D eigenvalue weighted by atomic mass is 10.2. The monoisotopic (exact) mass is 439 g/mol. The third-order valence-electron chi connectivity index (χ3n) is 4.88. The first-order chi connectivity index (χ1) is 15.0. The van der Waals surface area contributed by atoms with Crippen LogP contribution in [0.2, 0.25) is 0 Å². The molecule has 4 rings (SSSR count). The van der Waals surface area contributed by atoms with Crippen LogP contribution in [0.5, 0.6) is 0 Å². The molecule has 2 aromatic carbocycles. The molecule has 0 spiro atoms. The van der Waals surface area contributed by atoms with Crippen molar-refractivity contribution < 1.29 is 14.0 Å². The molecular formula is C22H22FN5O2S. The summed E-state index contributed by atoms with van der Waals surface area (Å²) in [4.78, 5) is 24.6. The summed E-state index contributed by atoms with van der Waals surface area (Å²) in [7, 11) is 0. The first-order valence-corrected chi connectivity index (χ1v) is 10.9. The van der Waals surface area contributed by atoms with E-state index in [0.717, 1.165) is 18.4 Å². The Kier molecular flexibility index (Phi) is 6.31. The molecule has 1 aromatic heterocycles. The largest absolute Gasteiger partial charge is 0.334 e. The maximum Gasteiger partial charge on any atom is 0.321 e. The summed E-state index contributed by atoms with van der Waals surface area (Å²) in [5, 5.41) is 13.4. The van der Waals surface area contributed by atoms with Crippen molar-refractivity contribution in [3.8, 4) is 11.4 Å². The van der Waals surface area contributed by atoms with Crippen LogP contribution in [0.1, 0.15) is 31.4 Å². The van der Waals surface area contributed by atoms with Gasteiger partial charge in [-0.05, 0) is 37.5 Å². The zero-order valence-electron chi connectivity index (χ0n) is 16.9. The summed E-state index contributed by atoms with van der Waals surface area (Å²) in [6.45, 7) is 2.02. The molecule has 7 nitrogen and oxygen atoms in total. The van der Waals surface area contributed by atoms with Gasteiger partial charge >= 0.3 is 6.03 Å². The first-order valence-electron chi connectivity index (χ1n) is 10.0. The highest BCUT2D eigenvalue weighted by Crippen LogP contribution is 2.42. The Morgan fingerprint density at radius 1 is 1.13 bits per heavy atom. The lowest BCUT2D eigenvalue weighted by molar-refractivity contribution is -0.119. The van der Waals surface area contributed by atoms with Gasteiger partial charge in [-0.2, -0.15) is 0 Å². The standard InChI is InChI=1S/C22H22FN5O2S/c1-14(20(29)25-21(30)24-13-15-7-3-2-4-8-15)31-22-27-26-19(28(22)16-11-12-16)17-9-5-6-10-18(17)23/h2-10,14,16H,11-13H2,1H3,(H2,24,25,29,30). The van der Waals surface area contributed by atoms with Gasteiger partial charge in [-0.1, -0.05) is 54.2 Å². The SMILES string of the molecule is CC(Sc1nnc(-c2ccccc2F)n1C1CC1)C(=O)NC(=O)NCc1ccccc1. The van der Waals surface area contributed by atoms with E-state index < -0.39 is 17.2 Å². The molecule has 1 unspecified atom stereocenters. The van der Waals surface area contributed by atoms with Crippen molar-refractivity contribution in [2.45, 2.75) is 42.8 Å². The van der Waals surface area contributed by atoms with E-state index >= 15 is 0 Å². The number of halogens is 1. The summed E-state index contributed by atoms with van der Waals surface area (Å²) in [6, 6.07) is 15.5. The van der Waals surface area contributed by atoms with Crippen molar-refractivity contribution in [2.75, 3.05) is 0 Å². The Morgan fingerprint density at radius 2 is 1.84 bits per heavy atom. The quantitative estimate of drug-likeness (QED) is 0.545. The van der Waals surface area contributed by atoms with E-state index in [9.17, 15) is 14.0 Å². The number of nitrogens with zero attached hydrogens (tertiary/aromatic N) is 3. The lowest BCUT2D eigenvalue weighted by Gasteiger charge is -2.13. The molecule has 0 saturated heterocycles. The van der Waals surface area contributed by atoms with Gasteiger partial charge in [-0.3, -0.25) is 14.7 Å². The van der Waals surface area contributed by atoms with E-state index in [0.29, 0.717) is 23.1 Å². The Morgan fingerprint density at radius 3 is 2.55 bits per heavy atom. The van der Waals surface area contributed by atoms with Gasteiger partial charge in [0.1, 0.15) is 5.82 Å². The average Bonchev–Trinajstić information content (AvgIpc) is 3.53. The Hall–Kier alpha value is -3.20. The van der Waals surface area contributed by atoms with Gasteiger partial charge in [0.2, 0.25) is 5.91 Å². The molecule has 2 N–H and O–H groups in total. The maximum atomic E-state index is 14.3. The van der Waals surface area contributed by atoms with E-state index in [1.54, 1.807) is 25.1 Å². The number of urea groups is 1. The second kappa shape index (κ2) is 9.30. The predicted molar refractivity (Wildman–Crippen MR) is 116 cm³/mol. The molecule has 0 aliphatic heterocycles. The summed E-state index contributed by atoms with van der Waals surface area (Å²) in [6.07, 6.45) is 1.91. The van der Waals surface area contributed by atoms with Gasteiger partial charge in [0.05, 0.1) is 10.8 Å². The molecule has 31 heavy (non-hydrogen) atoms. The lowest BCUT2D eigenvalue weighted by Crippen LogP contribution is -2.42. The number of thioether (sulfide) groups is 1. The van der Waals surface area contributed by atoms with Crippen LogP contribution in [-0.4, -0.2) is 32.0 Å². The van der Waals surface area contributed by atoms with Crippen LogP contribution in [0.4, 0.5) is 9.18 Å². The maximum absolute atomic E-state index is 14.3. The normalized spacial score (nSPS) is 14.1. The van der Waals surface area contributed by atoms with Crippen molar-refractivity contribution in [2.24, 2.45) is 0 Å². The van der Waals surface area contributed by atoms with E-state index in [1.807, 2.05) is 34.9 Å². The van der Waals surface area contributed by atoms with Gasteiger partial charge in [0.25, 0.3) is 0 Å². The van der Waals surface area contributed by atoms with E-state index in [-0.39, 0.29) is 11.9 Å². The van der Waals surface area contributed by atoms with Gasteiger partial charge in [0, 0.05) is 12.6 Å². The summed E-state index contributed by atoms with van der Waals surface area (Å²) < 4.78 is 16.2. The molecule has 3 aromatic rings. The molecule has 1 saturated carbocycles. The minimum Gasteiger partial charge on any atom is -0.334 e. The highest BCUT2D eigenvalue weighted by molar-refractivity contribution is 8.00. The second-order valence-electron chi connectivity index (χ2n) is 7.30. The molecular weight excluding hydrogens is 417 g/mol. The van der Waals surface area contributed by atoms with Gasteiger partial charge in [-0.15, -0.1) is 10.2 Å². The van der Waals surface area contributed by atoms with E-state index in [2.05, 4.69) is 20.8 Å². The third kappa shape index (κ3) is 5.11. The number of rotatable bonds is 7. The average molecular weight is 440 g/mol. The van der Waals surface area contributed by atoms with Crippen LogP contribution in [-0.2, 0) is 11.3 Å². The van der Waals surface area contributed by atoms with Crippen LogP contribution in [0.3, 0.4) is 0 Å². The van der Waals surface area contributed by atoms with Crippen molar-refractivity contribution in [1.82, 2.24) is 25.4 Å². The van der Waals surface area contributed by atoms with Crippen molar-refractivity contribution in [3.63, 3.8) is 0 Å². The number of carbonyl (C=O) groups is 2. The highest BCUT2D eigenvalue weighted by Gasteiger charge is 2.32. The van der Waals surface area contributed by atoms with Crippen LogP contribution in [0.15, 0.2) is 59.8 Å². The fourth-order valence-corrected chi connectivity index (χ4v) is 4.01. The first kappa shape index (κ1) is 21.0. The number of aromatic nitrogens is 3. The van der Waals surface area contributed by atoms with Gasteiger partial charge < -0.3 is 5.32 Å². The molecule has 3 amide bonds. The van der Waals surface area contributed by atoms with Crippen LogP contribution < -0.4 is 10.6 Å². The molecule has 9 heteroatoms. The van der Waals surface area contributed by atoms with Crippen molar-refractivity contribution in [1.29, 1.82) is 0 Å². The Bertz CT molecular complexity index is 1080. The van der Waals surface area contributed by atoms with Crippen LogP contribution in [0.25, 0.3) is 11.4 Å².